The Balaban J connectivity index is 2.09. The Labute approximate surface area is 127 Å². The highest BCUT2D eigenvalue weighted by molar-refractivity contribution is 5.99. The molecule has 1 fully saturated rings. The van der Waals surface area contributed by atoms with E-state index in [1.165, 1.54) is 19.3 Å². The van der Waals surface area contributed by atoms with E-state index in [9.17, 15) is 4.79 Å². The van der Waals surface area contributed by atoms with Crippen molar-refractivity contribution in [2.75, 3.05) is 11.9 Å². The summed E-state index contributed by atoms with van der Waals surface area (Å²) >= 11 is 0. The zero-order valence-corrected chi connectivity index (χ0v) is 13.4. The summed E-state index contributed by atoms with van der Waals surface area (Å²) < 4.78 is 0. The van der Waals surface area contributed by atoms with Gasteiger partial charge in [0.2, 0.25) is 0 Å². The molecule has 0 radical (unpaired) electrons. The van der Waals surface area contributed by atoms with Crippen LogP contribution >= 0.6 is 0 Å². The number of rotatable bonds is 5. The van der Waals surface area contributed by atoms with E-state index in [4.69, 9.17) is 0 Å². The molecule has 1 aliphatic carbocycles. The van der Waals surface area contributed by atoms with Crippen LogP contribution in [0.15, 0.2) is 18.5 Å². The Morgan fingerprint density at radius 2 is 2.14 bits per heavy atom. The molecular weight excluding hydrogens is 262 g/mol. The van der Waals surface area contributed by atoms with E-state index in [2.05, 4.69) is 29.5 Å². The van der Waals surface area contributed by atoms with Crippen molar-refractivity contribution in [3.63, 3.8) is 0 Å². The summed E-state index contributed by atoms with van der Waals surface area (Å²) in [5, 5.41) is 6.47. The van der Waals surface area contributed by atoms with Crippen molar-refractivity contribution >= 4 is 11.6 Å². The van der Waals surface area contributed by atoms with Gasteiger partial charge < -0.3 is 10.6 Å². The maximum absolute atomic E-state index is 12.6. The molecule has 116 valence electrons. The van der Waals surface area contributed by atoms with Crippen LogP contribution in [-0.2, 0) is 0 Å². The van der Waals surface area contributed by atoms with Crippen LogP contribution in [0.4, 0.5) is 5.69 Å². The van der Waals surface area contributed by atoms with Gasteiger partial charge in [0.15, 0.2) is 0 Å². The molecule has 2 N–H and O–H groups in total. The summed E-state index contributed by atoms with van der Waals surface area (Å²) in [6, 6.07) is 2.15. The second-order valence-electron chi connectivity index (χ2n) is 6.22. The van der Waals surface area contributed by atoms with Crippen molar-refractivity contribution in [3.8, 4) is 0 Å². The Bertz CT molecular complexity index is 473. The lowest BCUT2D eigenvalue weighted by Crippen LogP contribution is -2.44. The number of aromatic nitrogens is 1. The van der Waals surface area contributed by atoms with E-state index in [-0.39, 0.29) is 5.91 Å². The molecule has 4 heteroatoms. The molecule has 21 heavy (non-hydrogen) atoms. The third-order valence-corrected chi connectivity index (χ3v) is 4.43. The quantitative estimate of drug-likeness (QED) is 0.873. The van der Waals surface area contributed by atoms with E-state index in [1.807, 2.05) is 13.0 Å². The van der Waals surface area contributed by atoms with Crippen molar-refractivity contribution in [3.05, 3.63) is 24.0 Å². The van der Waals surface area contributed by atoms with Gasteiger partial charge >= 0.3 is 0 Å². The number of nitrogens with one attached hydrogen (secondary N) is 2. The zero-order chi connectivity index (χ0) is 15.2. The van der Waals surface area contributed by atoms with Crippen LogP contribution < -0.4 is 10.6 Å². The number of carbonyl (C=O) groups is 1. The van der Waals surface area contributed by atoms with Gasteiger partial charge in [-0.2, -0.15) is 0 Å². The second kappa shape index (κ2) is 7.43. The number of anilines is 1. The lowest BCUT2D eigenvalue weighted by molar-refractivity contribution is 0.0889. The Morgan fingerprint density at radius 1 is 1.38 bits per heavy atom. The maximum atomic E-state index is 12.6. The zero-order valence-electron chi connectivity index (χ0n) is 13.4. The molecule has 4 nitrogen and oxygen atoms in total. The minimum atomic E-state index is -0.00315. The number of hydrogen-bond donors (Lipinski definition) is 2. The maximum Gasteiger partial charge on any atom is 0.255 e. The van der Waals surface area contributed by atoms with Gasteiger partial charge in [-0.15, -0.1) is 0 Å². The van der Waals surface area contributed by atoms with Gasteiger partial charge in [0.1, 0.15) is 0 Å². The van der Waals surface area contributed by atoms with Crippen LogP contribution in [-0.4, -0.2) is 23.5 Å². The Kier molecular flexibility index (Phi) is 5.59. The molecule has 0 aliphatic heterocycles. The molecule has 1 aliphatic rings. The van der Waals surface area contributed by atoms with Crippen molar-refractivity contribution in [2.45, 2.75) is 52.5 Å². The van der Waals surface area contributed by atoms with Gasteiger partial charge in [0.05, 0.1) is 11.3 Å². The number of pyridine rings is 1. The SMILES string of the molecule is CCNc1ccncc1C(=O)NC1CCCCC1C(C)C. The lowest BCUT2D eigenvalue weighted by Gasteiger charge is -2.35. The molecule has 0 aromatic carbocycles. The van der Waals surface area contributed by atoms with E-state index < -0.39 is 0 Å². The summed E-state index contributed by atoms with van der Waals surface area (Å²) in [6.45, 7) is 7.33. The monoisotopic (exact) mass is 289 g/mol. The predicted octanol–water partition coefficient (Wildman–Crippen LogP) is 3.46. The van der Waals surface area contributed by atoms with Crippen molar-refractivity contribution in [1.82, 2.24) is 10.3 Å². The van der Waals surface area contributed by atoms with E-state index in [0.717, 1.165) is 18.7 Å². The van der Waals surface area contributed by atoms with Gasteiger partial charge in [-0.1, -0.05) is 26.7 Å². The van der Waals surface area contributed by atoms with Crippen molar-refractivity contribution < 1.29 is 4.79 Å². The smallest absolute Gasteiger partial charge is 0.255 e. The largest absolute Gasteiger partial charge is 0.385 e. The van der Waals surface area contributed by atoms with Crippen LogP contribution in [0.5, 0.6) is 0 Å². The molecule has 2 rings (SSSR count). The first kappa shape index (κ1) is 15.8. The average molecular weight is 289 g/mol. The summed E-state index contributed by atoms with van der Waals surface area (Å²) in [7, 11) is 0. The van der Waals surface area contributed by atoms with Crippen LogP contribution in [0.25, 0.3) is 0 Å². The van der Waals surface area contributed by atoms with Crippen molar-refractivity contribution in [2.24, 2.45) is 11.8 Å². The standard InChI is InChI=1S/C17H27N3O/c1-4-19-15-9-10-18-11-14(15)17(21)20-16-8-6-5-7-13(16)12(2)3/h9-13,16H,4-8H2,1-3H3,(H,18,19)(H,20,21). The Hall–Kier alpha value is -1.58. The molecule has 2 atom stereocenters. The van der Waals surface area contributed by atoms with Gasteiger partial charge in [0, 0.05) is 25.0 Å². The molecule has 0 saturated heterocycles. The highest BCUT2D eigenvalue weighted by Crippen LogP contribution is 2.30. The first-order valence-corrected chi connectivity index (χ1v) is 8.12. The second-order valence-corrected chi connectivity index (χ2v) is 6.22. The highest BCUT2D eigenvalue weighted by atomic mass is 16.1. The first-order chi connectivity index (χ1) is 10.1. The summed E-state index contributed by atoms with van der Waals surface area (Å²) in [5.41, 5.74) is 1.51. The molecule has 2 unspecified atom stereocenters. The minimum absolute atomic E-state index is 0.00315. The van der Waals surface area contributed by atoms with Crippen LogP contribution in [0, 0.1) is 11.8 Å². The van der Waals surface area contributed by atoms with E-state index >= 15 is 0 Å². The third-order valence-electron chi connectivity index (χ3n) is 4.43. The molecule has 1 aromatic rings. The molecule has 1 saturated carbocycles. The molecule has 1 heterocycles. The average Bonchev–Trinajstić information content (AvgIpc) is 2.48. The summed E-state index contributed by atoms with van der Waals surface area (Å²) in [6.07, 6.45) is 8.17. The fourth-order valence-electron chi connectivity index (χ4n) is 3.30. The van der Waals surface area contributed by atoms with Gasteiger partial charge in [-0.05, 0) is 37.7 Å². The third kappa shape index (κ3) is 3.96. The molecule has 1 aromatic heterocycles. The number of hydrogen-bond acceptors (Lipinski definition) is 3. The molecule has 0 bridgehead atoms. The highest BCUT2D eigenvalue weighted by Gasteiger charge is 2.29. The molecule has 0 spiro atoms. The van der Waals surface area contributed by atoms with E-state index in [0.29, 0.717) is 23.4 Å². The topological polar surface area (TPSA) is 54.0 Å². The number of amides is 1. The van der Waals surface area contributed by atoms with E-state index in [1.54, 1.807) is 12.4 Å². The first-order valence-electron chi connectivity index (χ1n) is 8.12. The summed E-state index contributed by atoms with van der Waals surface area (Å²) in [5.74, 6) is 1.19. The summed E-state index contributed by atoms with van der Waals surface area (Å²) in [4.78, 5) is 16.7. The Morgan fingerprint density at radius 3 is 2.86 bits per heavy atom. The van der Waals surface area contributed by atoms with Gasteiger partial charge in [-0.25, -0.2) is 0 Å². The molecule has 1 amide bonds. The van der Waals surface area contributed by atoms with Gasteiger partial charge in [-0.3, -0.25) is 9.78 Å². The fraction of sp³-hybridized carbons (Fsp3) is 0.647. The predicted molar refractivity (Wildman–Crippen MR) is 86.5 cm³/mol. The number of nitrogens with zero attached hydrogens (tertiary/aromatic N) is 1. The van der Waals surface area contributed by atoms with Crippen molar-refractivity contribution in [1.29, 1.82) is 0 Å². The number of carbonyl (C=O) groups excluding carboxylic acids is 1. The van der Waals surface area contributed by atoms with Crippen LogP contribution in [0.3, 0.4) is 0 Å². The van der Waals surface area contributed by atoms with Crippen LogP contribution in [0.2, 0.25) is 0 Å². The van der Waals surface area contributed by atoms with Crippen LogP contribution in [0.1, 0.15) is 56.8 Å². The van der Waals surface area contributed by atoms with Gasteiger partial charge in [0.25, 0.3) is 5.91 Å². The fourth-order valence-corrected chi connectivity index (χ4v) is 3.30. The lowest BCUT2D eigenvalue weighted by atomic mass is 9.78. The minimum Gasteiger partial charge on any atom is -0.385 e. The molecular formula is C17H27N3O. The normalized spacial score (nSPS) is 22.1.